The van der Waals surface area contributed by atoms with Crippen LogP contribution in [0.1, 0.15) is 24.8 Å². The van der Waals surface area contributed by atoms with Crippen LogP contribution in [0.3, 0.4) is 0 Å². The van der Waals surface area contributed by atoms with Gasteiger partial charge in [0.05, 0.1) is 0 Å². The number of para-hydroxylation sites is 1. The molecule has 0 radical (unpaired) electrons. The number of hydrogen-bond donors (Lipinski definition) is 3. The molecule has 1 heterocycles. The van der Waals surface area contributed by atoms with Crippen molar-refractivity contribution < 1.29 is 14.7 Å². The Hall–Kier alpha value is -2.01. The second kappa shape index (κ2) is 7.84. The highest BCUT2D eigenvalue weighted by molar-refractivity contribution is 6.17. The maximum atomic E-state index is 11.8. The summed E-state index contributed by atoms with van der Waals surface area (Å²) in [5, 5.41) is 12.9. The van der Waals surface area contributed by atoms with Gasteiger partial charge in [-0.3, -0.25) is 4.79 Å². The molecule has 3 N–H and O–H groups in total. The van der Waals surface area contributed by atoms with E-state index in [1.165, 1.54) is 0 Å². The Morgan fingerprint density at radius 2 is 2.05 bits per heavy atom. The number of hydrogen-bond acceptors (Lipinski definition) is 2. The van der Waals surface area contributed by atoms with Gasteiger partial charge >= 0.3 is 5.97 Å². The number of benzene rings is 1. The lowest BCUT2D eigenvalue weighted by atomic mass is 10.0. The summed E-state index contributed by atoms with van der Waals surface area (Å²) in [6.45, 7) is 0. The quantitative estimate of drug-likeness (QED) is 0.516. The minimum Gasteiger partial charge on any atom is -0.480 e. The molecule has 6 heteroatoms. The van der Waals surface area contributed by atoms with Gasteiger partial charge < -0.3 is 15.4 Å². The van der Waals surface area contributed by atoms with Gasteiger partial charge in [-0.2, -0.15) is 0 Å². The second-order valence-electron chi connectivity index (χ2n) is 5.17. The van der Waals surface area contributed by atoms with Gasteiger partial charge in [-0.15, -0.1) is 11.6 Å². The number of alkyl halides is 1. The zero-order valence-corrected chi connectivity index (χ0v) is 12.9. The number of carboxylic acid groups (broad SMARTS) is 1. The Morgan fingerprint density at radius 3 is 2.77 bits per heavy atom. The molecule has 22 heavy (non-hydrogen) atoms. The Bertz CT molecular complexity index is 654. The number of nitrogens with one attached hydrogen (secondary N) is 2. The molecule has 0 aliphatic carbocycles. The summed E-state index contributed by atoms with van der Waals surface area (Å²) in [5.74, 6) is -0.779. The van der Waals surface area contributed by atoms with Crippen LogP contribution in [0.5, 0.6) is 0 Å². The lowest BCUT2D eigenvalue weighted by Crippen LogP contribution is -2.42. The van der Waals surface area contributed by atoms with Gasteiger partial charge in [0.25, 0.3) is 0 Å². The van der Waals surface area contributed by atoms with Crippen LogP contribution in [0.2, 0.25) is 0 Å². The first kappa shape index (κ1) is 16.4. The molecule has 0 saturated carbocycles. The largest absolute Gasteiger partial charge is 0.480 e. The van der Waals surface area contributed by atoms with Crippen molar-refractivity contribution in [1.82, 2.24) is 10.3 Å². The van der Waals surface area contributed by atoms with Crippen molar-refractivity contribution in [2.45, 2.75) is 31.7 Å². The Balaban J connectivity index is 2.03. The van der Waals surface area contributed by atoms with Gasteiger partial charge in [-0.1, -0.05) is 18.2 Å². The molecule has 0 unspecified atom stereocenters. The third-order valence-electron chi connectivity index (χ3n) is 3.52. The molecule has 0 aliphatic rings. The van der Waals surface area contributed by atoms with E-state index in [2.05, 4.69) is 10.3 Å². The lowest BCUT2D eigenvalue weighted by molar-refractivity contribution is -0.141. The molecule has 2 rings (SSSR count). The number of aromatic nitrogens is 1. The summed E-state index contributed by atoms with van der Waals surface area (Å²) in [6.07, 6.45) is 3.75. The zero-order valence-electron chi connectivity index (χ0n) is 12.1. The molecule has 5 nitrogen and oxygen atoms in total. The van der Waals surface area contributed by atoms with E-state index in [4.69, 9.17) is 11.6 Å². The van der Waals surface area contributed by atoms with Crippen LogP contribution in [0, 0.1) is 0 Å². The standard InChI is InChI=1S/C16H19ClN2O3/c17-8-4-3-7-15(20)19-14(16(21)22)9-11-10-18-13-6-2-1-5-12(11)13/h1-2,5-6,10,14,18H,3-4,7-9H2,(H,19,20)(H,21,22)/t14-/m0/s1. The van der Waals surface area contributed by atoms with E-state index in [-0.39, 0.29) is 12.3 Å². The highest BCUT2D eigenvalue weighted by Gasteiger charge is 2.21. The van der Waals surface area contributed by atoms with Crippen LogP contribution in [0.4, 0.5) is 0 Å². The average molecular weight is 323 g/mol. The number of H-pyrrole nitrogens is 1. The fourth-order valence-electron chi connectivity index (χ4n) is 2.37. The molecule has 1 aromatic heterocycles. The van der Waals surface area contributed by atoms with E-state index in [0.717, 1.165) is 22.9 Å². The van der Waals surface area contributed by atoms with Gasteiger partial charge in [0.2, 0.25) is 5.91 Å². The number of fused-ring (bicyclic) bond motifs is 1. The lowest BCUT2D eigenvalue weighted by Gasteiger charge is -2.14. The van der Waals surface area contributed by atoms with E-state index in [1.807, 2.05) is 24.3 Å². The topological polar surface area (TPSA) is 82.2 Å². The third-order valence-corrected chi connectivity index (χ3v) is 3.79. The zero-order chi connectivity index (χ0) is 15.9. The molecule has 2 aromatic rings. The van der Waals surface area contributed by atoms with Crippen molar-refractivity contribution in [3.8, 4) is 0 Å². The van der Waals surface area contributed by atoms with E-state index in [0.29, 0.717) is 18.7 Å². The highest BCUT2D eigenvalue weighted by Crippen LogP contribution is 2.19. The summed E-state index contributed by atoms with van der Waals surface area (Å²) in [6, 6.07) is 6.75. The van der Waals surface area contributed by atoms with E-state index in [1.54, 1.807) is 6.20 Å². The molecule has 0 aliphatic heterocycles. The molecular formula is C16H19ClN2O3. The fraction of sp³-hybridized carbons (Fsp3) is 0.375. The molecule has 1 amide bonds. The SMILES string of the molecule is O=C(CCCCCl)N[C@@H](Cc1c[nH]c2ccccc12)C(=O)O. The van der Waals surface area contributed by atoms with Crippen molar-refractivity contribution in [1.29, 1.82) is 0 Å². The monoisotopic (exact) mass is 322 g/mol. The predicted molar refractivity (Wildman–Crippen MR) is 86.1 cm³/mol. The van der Waals surface area contributed by atoms with Crippen LogP contribution in [0.25, 0.3) is 10.9 Å². The average Bonchev–Trinajstić information content (AvgIpc) is 2.90. The number of carbonyl (C=O) groups excluding carboxylic acids is 1. The van der Waals surface area contributed by atoms with Crippen molar-refractivity contribution in [3.63, 3.8) is 0 Å². The van der Waals surface area contributed by atoms with E-state index >= 15 is 0 Å². The van der Waals surface area contributed by atoms with Crippen molar-refractivity contribution >= 4 is 34.4 Å². The van der Waals surface area contributed by atoms with Crippen molar-refractivity contribution in [2.75, 3.05) is 5.88 Å². The number of aliphatic carboxylic acids is 1. The number of carboxylic acids is 1. The van der Waals surface area contributed by atoms with Gasteiger partial charge in [-0.25, -0.2) is 4.79 Å². The van der Waals surface area contributed by atoms with Crippen LogP contribution < -0.4 is 5.32 Å². The van der Waals surface area contributed by atoms with Gasteiger partial charge in [0, 0.05) is 35.8 Å². The molecule has 0 bridgehead atoms. The fourth-order valence-corrected chi connectivity index (χ4v) is 2.56. The van der Waals surface area contributed by atoms with Gasteiger partial charge in [-0.05, 0) is 24.5 Å². The normalized spacial score (nSPS) is 12.2. The number of carbonyl (C=O) groups is 2. The Kier molecular flexibility index (Phi) is 5.83. The Morgan fingerprint density at radius 1 is 1.27 bits per heavy atom. The summed E-state index contributed by atoms with van der Waals surface area (Å²) < 4.78 is 0. The number of aromatic amines is 1. The summed E-state index contributed by atoms with van der Waals surface area (Å²) in [7, 11) is 0. The number of amides is 1. The maximum absolute atomic E-state index is 11.8. The maximum Gasteiger partial charge on any atom is 0.326 e. The predicted octanol–water partition coefficient (Wildman–Crippen LogP) is 2.69. The van der Waals surface area contributed by atoms with E-state index in [9.17, 15) is 14.7 Å². The van der Waals surface area contributed by atoms with Crippen molar-refractivity contribution in [2.24, 2.45) is 0 Å². The number of unbranched alkanes of at least 4 members (excludes halogenated alkanes) is 1. The minimum absolute atomic E-state index is 0.251. The molecule has 1 aromatic carbocycles. The minimum atomic E-state index is -1.03. The Labute approximate surface area is 133 Å². The molecule has 0 spiro atoms. The van der Waals surface area contributed by atoms with Crippen LogP contribution in [0.15, 0.2) is 30.5 Å². The molecule has 0 saturated heterocycles. The molecule has 0 fully saturated rings. The number of halogens is 1. The van der Waals surface area contributed by atoms with Gasteiger partial charge in [0.15, 0.2) is 0 Å². The van der Waals surface area contributed by atoms with Crippen LogP contribution in [-0.2, 0) is 16.0 Å². The third kappa shape index (κ3) is 4.24. The first-order valence-electron chi connectivity index (χ1n) is 7.25. The molecular weight excluding hydrogens is 304 g/mol. The smallest absolute Gasteiger partial charge is 0.326 e. The summed E-state index contributed by atoms with van der Waals surface area (Å²) >= 11 is 5.56. The van der Waals surface area contributed by atoms with Crippen LogP contribution >= 0.6 is 11.6 Å². The summed E-state index contributed by atoms with van der Waals surface area (Å²) in [5.41, 5.74) is 1.83. The second-order valence-corrected chi connectivity index (χ2v) is 5.55. The summed E-state index contributed by atoms with van der Waals surface area (Å²) in [4.78, 5) is 26.3. The van der Waals surface area contributed by atoms with Crippen LogP contribution in [-0.4, -0.2) is 33.9 Å². The van der Waals surface area contributed by atoms with E-state index < -0.39 is 12.0 Å². The van der Waals surface area contributed by atoms with Gasteiger partial charge in [0.1, 0.15) is 6.04 Å². The molecule has 118 valence electrons. The van der Waals surface area contributed by atoms with Crippen molar-refractivity contribution in [3.05, 3.63) is 36.0 Å². The first-order chi connectivity index (χ1) is 10.6. The number of rotatable bonds is 8. The highest BCUT2D eigenvalue weighted by atomic mass is 35.5. The molecule has 1 atom stereocenters. The first-order valence-corrected chi connectivity index (χ1v) is 7.78.